The monoisotopic (exact) mass is 299 g/mol. The van der Waals surface area contributed by atoms with Crippen molar-refractivity contribution in [2.24, 2.45) is 0 Å². The Morgan fingerprint density at radius 1 is 1.00 bits per heavy atom. The van der Waals surface area contributed by atoms with E-state index < -0.39 is 0 Å². The van der Waals surface area contributed by atoms with Crippen molar-refractivity contribution >= 4 is 0 Å². The Balaban J connectivity index is 1.76. The van der Waals surface area contributed by atoms with Gasteiger partial charge in [0.25, 0.3) is 0 Å². The minimum atomic E-state index is 0.213. The molecule has 2 aromatic carbocycles. The lowest BCUT2D eigenvalue weighted by molar-refractivity contribution is 0.242. The molecule has 0 saturated carbocycles. The molecule has 3 nitrogen and oxygen atoms in total. The molecule has 1 N–H and O–H groups in total. The maximum atomic E-state index is 5.64. The SMILES string of the molecule is COc1ccccc1CCNCc1ccc(OC(C)C)cc1. The van der Waals surface area contributed by atoms with Gasteiger partial charge in [0.15, 0.2) is 0 Å². The van der Waals surface area contributed by atoms with E-state index in [1.54, 1.807) is 7.11 Å². The summed E-state index contributed by atoms with van der Waals surface area (Å²) in [6, 6.07) is 16.4. The Labute approximate surface area is 133 Å². The molecule has 0 radical (unpaired) electrons. The van der Waals surface area contributed by atoms with E-state index in [-0.39, 0.29) is 6.10 Å². The van der Waals surface area contributed by atoms with Gasteiger partial charge in [0.1, 0.15) is 11.5 Å². The summed E-state index contributed by atoms with van der Waals surface area (Å²) < 4.78 is 11.0. The zero-order chi connectivity index (χ0) is 15.8. The molecular weight excluding hydrogens is 274 g/mol. The highest BCUT2D eigenvalue weighted by Crippen LogP contribution is 2.17. The fraction of sp³-hybridized carbons (Fsp3) is 0.368. The highest BCUT2D eigenvalue weighted by atomic mass is 16.5. The number of benzene rings is 2. The van der Waals surface area contributed by atoms with Crippen molar-refractivity contribution in [2.45, 2.75) is 32.9 Å². The predicted octanol–water partition coefficient (Wildman–Crippen LogP) is 3.81. The van der Waals surface area contributed by atoms with Gasteiger partial charge in [-0.3, -0.25) is 0 Å². The molecule has 0 spiro atoms. The number of methoxy groups -OCH3 is 1. The molecule has 118 valence electrons. The minimum absolute atomic E-state index is 0.213. The molecule has 2 aromatic rings. The largest absolute Gasteiger partial charge is 0.496 e. The predicted molar refractivity (Wildman–Crippen MR) is 90.6 cm³/mol. The van der Waals surface area contributed by atoms with E-state index in [2.05, 4.69) is 23.5 Å². The third-order valence-corrected chi connectivity index (χ3v) is 3.39. The van der Waals surface area contributed by atoms with Gasteiger partial charge in [-0.25, -0.2) is 0 Å². The van der Waals surface area contributed by atoms with Gasteiger partial charge in [0.05, 0.1) is 13.2 Å². The molecule has 0 bridgehead atoms. The zero-order valence-electron chi connectivity index (χ0n) is 13.6. The van der Waals surface area contributed by atoms with E-state index in [4.69, 9.17) is 9.47 Å². The second-order valence-electron chi connectivity index (χ2n) is 5.55. The normalized spacial score (nSPS) is 10.7. The summed E-state index contributed by atoms with van der Waals surface area (Å²) in [7, 11) is 1.72. The summed E-state index contributed by atoms with van der Waals surface area (Å²) in [4.78, 5) is 0. The van der Waals surface area contributed by atoms with Crippen LogP contribution in [0.3, 0.4) is 0 Å². The number of ether oxygens (including phenoxy) is 2. The Morgan fingerprint density at radius 3 is 2.41 bits per heavy atom. The summed E-state index contributed by atoms with van der Waals surface area (Å²) in [5.74, 6) is 1.88. The average molecular weight is 299 g/mol. The Kier molecular flexibility index (Phi) is 6.28. The van der Waals surface area contributed by atoms with Gasteiger partial charge in [-0.2, -0.15) is 0 Å². The first-order chi connectivity index (χ1) is 10.7. The maximum absolute atomic E-state index is 5.64. The standard InChI is InChI=1S/C19H25NO2/c1-15(2)22-18-10-8-16(9-11-18)14-20-13-12-17-6-4-5-7-19(17)21-3/h4-11,15,20H,12-14H2,1-3H3. The molecular formula is C19H25NO2. The lowest BCUT2D eigenvalue weighted by Crippen LogP contribution is -2.17. The lowest BCUT2D eigenvalue weighted by Gasteiger charge is -2.11. The Morgan fingerprint density at radius 2 is 1.73 bits per heavy atom. The quantitative estimate of drug-likeness (QED) is 0.752. The molecule has 0 heterocycles. The molecule has 0 amide bonds. The molecule has 0 aliphatic rings. The summed E-state index contributed by atoms with van der Waals surface area (Å²) in [6.45, 7) is 5.85. The first-order valence-corrected chi connectivity index (χ1v) is 7.77. The number of hydrogen-bond acceptors (Lipinski definition) is 3. The molecule has 0 fully saturated rings. The highest BCUT2D eigenvalue weighted by molar-refractivity contribution is 5.33. The van der Waals surface area contributed by atoms with Crippen LogP contribution in [0.4, 0.5) is 0 Å². The van der Waals surface area contributed by atoms with Crippen molar-refractivity contribution in [1.29, 1.82) is 0 Å². The number of para-hydroxylation sites is 1. The second kappa shape index (κ2) is 8.44. The van der Waals surface area contributed by atoms with Crippen LogP contribution < -0.4 is 14.8 Å². The molecule has 0 saturated heterocycles. The molecule has 3 heteroatoms. The number of hydrogen-bond donors (Lipinski definition) is 1. The van der Waals surface area contributed by atoms with Crippen molar-refractivity contribution in [2.75, 3.05) is 13.7 Å². The smallest absolute Gasteiger partial charge is 0.122 e. The van der Waals surface area contributed by atoms with Crippen LogP contribution in [0.1, 0.15) is 25.0 Å². The van der Waals surface area contributed by atoms with E-state index >= 15 is 0 Å². The van der Waals surface area contributed by atoms with E-state index in [9.17, 15) is 0 Å². The van der Waals surface area contributed by atoms with E-state index in [0.717, 1.165) is 31.0 Å². The van der Waals surface area contributed by atoms with Gasteiger partial charge in [0, 0.05) is 6.54 Å². The van der Waals surface area contributed by atoms with Crippen molar-refractivity contribution in [1.82, 2.24) is 5.32 Å². The van der Waals surface area contributed by atoms with Gasteiger partial charge >= 0.3 is 0 Å². The zero-order valence-corrected chi connectivity index (χ0v) is 13.6. The van der Waals surface area contributed by atoms with Crippen LogP contribution in [-0.4, -0.2) is 19.8 Å². The van der Waals surface area contributed by atoms with E-state index in [1.165, 1.54) is 11.1 Å². The lowest BCUT2D eigenvalue weighted by atomic mass is 10.1. The average Bonchev–Trinajstić information content (AvgIpc) is 2.53. The summed E-state index contributed by atoms with van der Waals surface area (Å²) >= 11 is 0. The molecule has 0 aliphatic carbocycles. The molecule has 22 heavy (non-hydrogen) atoms. The molecule has 0 atom stereocenters. The number of nitrogens with one attached hydrogen (secondary N) is 1. The summed E-state index contributed by atoms with van der Waals surface area (Å²) in [5, 5.41) is 3.47. The van der Waals surface area contributed by atoms with Gasteiger partial charge in [-0.05, 0) is 56.1 Å². The Bertz CT molecular complexity index is 564. The van der Waals surface area contributed by atoms with Gasteiger partial charge in [0.2, 0.25) is 0 Å². The van der Waals surface area contributed by atoms with Crippen molar-refractivity contribution < 1.29 is 9.47 Å². The third kappa shape index (κ3) is 5.08. The van der Waals surface area contributed by atoms with Gasteiger partial charge in [-0.1, -0.05) is 30.3 Å². The molecule has 0 aliphatic heterocycles. The fourth-order valence-electron chi connectivity index (χ4n) is 2.32. The second-order valence-corrected chi connectivity index (χ2v) is 5.55. The van der Waals surface area contributed by atoms with Crippen molar-refractivity contribution in [3.63, 3.8) is 0 Å². The van der Waals surface area contributed by atoms with E-state index in [1.807, 2.05) is 44.2 Å². The van der Waals surface area contributed by atoms with Crippen LogP contribution in [0.2, 0.25) is 0 Å². The van der Waals surface area contributed by atoms with Gasteiger partial charge < -0.3 is 14.8 Å². The van der Waals surface area contributed by atoms with E-state index in [0.29, 0.717) is 0 Å². The topological polar surface area (TPSA) is 30.5 Å². The first kappa shape index (κ1) is 16.4. The minimum Gasteiger partial charge on any atom is -0.496 e. The molecule has 2 rings (SSSR count). The maximum Gasteiger partial charge on any atom is 0.122 e. The summed E-state index contributed by atoms with van der Waals surface area (Å²) in [6.07, 6.45) is 1.17. The van der Waals surface area contributed by atoms with Crippen LogP contribution in [0.15, 0.2) is 48.5 Å². The molecule has 0 aromatic heterocycles. The van der Waals surface area contributed by atoms with Crippen LogP contribution in [-0.2, 0) is 13.0 Å². The first-order valence-electron chi connectivity index (χ1n) is 7.77. The fourth-order valence-corrected chi connectivity index (χ4v) is 2.32. The van der Waals surface area contributed by atoms with Crippen molar-refractivity contribution in [3.8, 4) is 11.5 Å². The van der Waals surface area contributed by atoms with Crippen LogP contribution in [0.5, 0.6) is 11.5 Å². The van der Waals surface area contributed by atoms with Crippen LogP contribution >= 0.6 is 0 Å². The van der Waals surface area contributed by atoms with Crippen molar-refractivity contribution in [3.05, 3.63) is 59.7 Å². The van der Waals surface area contributed by atoms with Crippen LogP contribution in [0, 0.1) is 0 Å². The molecule has 0 unspecified atom stereocenters. The van der Waals surface area contributed by atoms with Crippen LogP contribution in [0.25, 0.3) is 0 Å². The van der Waals surface area contributed by atoms with Gasteiger partial charge in [-0.15, -0.1) is 0 Å². The Hall–Kier alpha value is -2.00. The number of rotatable bonds is 8. The third-order valence-electron chi connectivity index (χ3n) is 3.39. The highest BCUT2D eigenvalue weighted by Gasteiger charge is 2.01. The summed E-state index contributed by atoms with van der Waals surface area (Å²) in [5.41, 5.74) is 2.49.